The fraction of sp³-hybridized carbons (Fsp3) is 0. The molecule has 0 amide bonds. The summed E-state index contributed by atoms with van der Waals surface area (Å²) in [6.07, 6.45) is 4.14. The van der Waals surface area contributed by atoms with Crippen molar-refractivity contribution in [1.29, 1.82) is 0 Å². The van der Waals surface area contributed by atoms with E-state index in [1.807, 2.05) is 48.5 Å². The SMILES string of the molecule is O=C(C(=Cc1c2ccccc2cc2ccccc12)n1cnc([N+](=O)[O-])c1)c1ccc(F)cc1. The van der Waals surface area contributed by atoms with Crippen molar-refractivity contribution >= 4 is 44.9 Å². The number of Topliss-reactive ketones (excluding diaryl/α,β-unsaturated/α-hetero) is 1. The van der Waals surface area contributed by atoms with Crippen LogP contribution in [0.2, 0.25) is 0 Å². The van der Waals surface area contributed by atoms with E-state index in [4.69, 9.17) is 0 Å². The lowest BCUT2D eigenvalue weighted by Crippen LogP contribution is -2.08. The van der Waals surface area contributed by atoms with E-state index >= 15 is 0 Å². The zero-order valence-corrected chi connectivity index (χ0v) is 17.2. The monoisotopic (exact) mass is 437 g/mol. The zero-order chi connectivity index (χ0) is 22.9. The Kier molecular flexibility index (Phi) is 4.99. The maximum atomic E-state index is 13.5. The molecule has 0 spiro atoms. The van der Waals surface area contributed by atoms with Crippen LogP contribution in [-0.2, 0) is 0 Å². The quantitative estimate of drug-likeness (QED) is 0.109. The Morgan fingerprint density at radius 1 is 0.939 bits per heavy atom. The van der Waals surface area contributed by atoms with E-state index in [1.165, 1.54) is 41.4 Å². The van der Waals surface area contributed by atoms with Crippen LogP contribution >= 0.6 is 0 Å². The predicted octanol–water partition coefficient (Wildman–Crippen LogP) is 6.12. The molecular formula is C26H16FN3O3. The normalized spacial score (nSPS) is 11.7. The molecule has 0 aliphatic rings. The molecule has 0 aliphatic carbocycles. The summed E-state index contributed by atoms with van der Waals surface area (Å²) in [5.74, 6) is -1.26. The number of rotatable bonds is 5. The van der Waals surface area contributed by atoms with E-state index in [2.05, 4.69) is 11.1 Å². The molecule has 0 fully saturated rings. The van der Waals surface area contributed by atoms with Gasteiger partial charge in [0.05, 0.1) is 5.70 Å². The third-order valence-electron chi connectivity index (χ3n) is 5.47. The molecule has 0 unspecified atom stereocenters. The Labute approximate surface area is 187 Å². The van der Waals surface area contributed by atoms with Gasteiger partial charge in [0.25, 0.3) is 0 Å². The molecule has 0 atom stereocenters. The van der Waals surface area contributed by atoms with Crippen molar-refractivity contribution in [3.63, 3.8) is 0 Å². The van der Waals surface area contributed by atoms with Gasteiger partial charge in [0.1, 0.15) is 12.0 Å². The summed E-state index contributed by atoms with van der Waals surface area (Å²) in [6.45, 7) is 0. The zero-order valence-electron chi connectivity index (χ0n) is 17.2. The first-order valence-corrected chi connectivity index (χ1v) is 10.1. The number of aromatic nitrogens is 2. The highest BCUT2D eigenvalue weighted by molar-refractivity contribution is 6.29. The molecule has 4 aromatic carbocycles. The molecule has 160 valence electrons. The van der Waals surface area contributed by atoms with Gasteiger partial charge in [0.15, 0.2) is 0 Å². The van der Waals surface area contributed by atoms with Crippen LogP contribution in [0.5, 0.6) is 0 Å². The second kappa shape index (κ2) is 8.12. The maximum Gasteiger partial charge on any atom is 0.381 e. The molecule has 0 bridgehead atoms. The number of imidazole rings is 1. The molecule has 6 nitrogen and oxygen atoms in total. The number of carbonyl (C=O) groups is 1. The molecule has 0 radical (unpaired) electrons. The molecule has 33 heavy (non-hydrogen) atoms. The van der Waals surface area contributed by atoms with Gasteiger partial charge in [-0.05, 0) is 73.4 Å². The van der Waals surface area contributed by atoms with Crippen molar-refractivity contribution in [3.8, 4) is 0 Å². The van der Waals surface area contributed by atoms with Crippen LogP contribution in [0.25, 0.3) is 33.3 Å². The molecule has 0 N–H and O–H groups in total. The first-order chi connectivity index (χ1) is 16.0. The fourth-order valence-electron chi connectivity index (χ4n) is 3.89. The van der Waals surface area contributed by atoms with Crippen LogP contribution in [0, 0.1) is 15.9 Å². The first-order valence-electron chi connectivity index (χ1n) is 10.1. The second-order valence-corrected chi connectivity index (χ2v) is 7.49. The minimum Gasteiger partial charge on any atom is -0.358 e. The largest absolute Gasteiger partial charge is 0.381 e. The van der Waals surface area contributed by atoms with Gasteiger partial charge in [0.2, 0.25) is 12.1 Å². The van der Waals surface area contributed by atoms with Gasteiger partial charge in [-0.3, -0.25) is 9.36 Å². The summed E-state index contributed by atoms with van der Waals surface area (Å²) >= 11 is 0. The van der Waals surface area contributed by atoms with Crippen molar-refractivity contribution in [3.05, 3.63) is 118 Å². The average molecular weight is 437 g/mol. The molecule has 0 saturated carbocycles. The molecule has 1 heterocycles. The molecule has 0 aliphatic heterocycles. The minimum absolute atomic E-state index is 0.156. The number of nitrogens with zero attached hydrogens (tertiary/aromatic N) is 3. The van der Waals surface area contributed by atoms with Gasteiger partial charge >= 0.3 is 5.82 Å². The number of allylic oxidation sites excluding steroid dienone is 1. The Morgan fingerprint density at radius 2 is 1.55 bits per heavy atom. The summed E-state index contributed by atoms with van der Waals surface area (Å²) in [4.78, 5) is 27.9. The predicted molar refractivity (Wildman–Crippen MR) is 125 cm³/mol. The highest BCUT2D eigenvalue weighted by Crippen LogP contribution is 2.32. The Hall–Kier alpha value is -4.65. The van der Waals surface area contributed by atoms with Crippen molar-refractivity contribution in [1.82, 2.24) is 9.55 Å². The summed E-state index contributed by atoms with van der Waals surface area (Å²) in [6, 6.07) is 22.9. The van der Waals surface area contributed by atoms with Crippen molar-refractivity contribution in [2.24, 2.45) is 0 Å². The third-order valence-corrected chi connectivity index (χ3v) is 5.47. The minimum atomic E-state index is -0.621. The first kappa shape index (κ1) is 20.3. The number of halogens is 1. The highest BCUT2D eigenvalue weighted by atomic mass is 19.1. The Balaban J connectivity index is 1.80. The lowest BCUT2D eigenvalue weighted by Gasteiger charge is -2.12. The molecular weight excluding hydrogens is 421 g/mol. The van der Waals surface area contributed by atoms with Gasteiger partial charge in [-0.1, -0.05) is 48.5 Å². The van der Waals surface area contributed by atoms with Gasteiger partial charge in [-0.15, -0.1) is 0 Å². The number of nitro groups is 1. The standard InChI is InChI=1S/C26H16FN3O3/c27-20-11-9-17(10-12-20)26(31)24(29-15-25(28-16-29)30(32)33)14-23-21-7-3-1-5-18(21)13-19-6-2-4-8-22(19)23/h1-16H. The molecule has 5 rings (SSSR count). The number of hydrogen-bond acceptors (Lipinski definition) is 4. The smallest absolute Gasteiger partial charge is 0.358 e. The van der Waals surface area contributed by atoms with Crippen molar-refractivity contribution in [2.45, 2.75) is 0 Å². The number of hydrogen-bond donors (Lipinski definition) is 0. The number of carbonyl (C=O) groups excluding carboxylic acids is 1. The van der Waals surface area contributed by atoms with Crippen molar-refractivity contribution in [2.75, 3.05) is 0 Å². The van der Waals surface area contributed by atoms with Gasteiger partial charge < -0.3 is 10.1 Å². The van der Waals surface area contributed by atoms with E-state index in [1.54, 1.807) is 6.08 Å². The van der Waals surface area contributed by atoms with E-state index in [-0.39, 0.29) is 17.1 Å². The lowest BCUT2D eigenvalue weighted by molar-refractivity contribution is -0.389. The highest BCUT2D eigenvalue weighted by Gasteiger charge is 2.20. The van der Waals surface area contributed by atoms with Gasteiger partial charge in [-0.2, -0.15) is 0 Å². The van der Waals surface area contributed by atoms with Gasteiger partial charge in [0, 0.05) is 5.56 Å². The maximum absolute atomic E-state index is 13.5. The van der Waals surface area contributed by atoms with E-state index < -0.39 is 16.5 Å². The number of ketones is 1. The summed E-state index contributed by atoms with van der Waals surface area (Å²) in [5, 5.41) is 15.0. The molecule has 1 aromatic heterocycles. The fourth-order valence-corrected chi connectivity index (χ4v) is 3.89. The number of fused-ring (bicyclic) bond motifs is 2. The van der Waals surface area contributed by atoms with Crippen LogP contribution in [0.3, 0.4) is 0 Å². The van der Waals surface area contributed by atoms with E-state index in [0.717, 1.165) is 27.1 Å². The summed E-state index contributed by atoms with van der Waals surface area (Å²) < 4.78 is 14.8. The van der Waals surface area contributed by atoms with E-state index in [9.17, 15) is 19.3 Å². The Morgan fingerprint density at radius 3 is 2.12 bits per heavy atom. The second-order valence-electron chi connectivity index (χ2n) is 7.49. The van der Waals surface area contributed by atoms with Crippen LogP contribution in [0.15, 0.2) is 91.4 Å². The lowest BCUT2D eigenvalue weighted by atomic mass is 9.95. The number of benzene rings is 4. The van der Waals surface area contributed by atoms with Crippen molar-refractivity contribution < 1.29 is 14.1 Å². The third kappa shape index (κ3) is 3.76. The molecule has 5 aromatic rings. The van der Waals surface area contributed by atoms with Crippen LogP contribution < -0.4 is 0 Å². The van der Waals surface area contributed by atoms with Crippen LogP contribution in [0.1, 0.15) is 15.9 Å². The van der Waals surface area contributed by atoms with Crippen LogP contribution in [0.4, 0.5) is 10.2 Å². The molecule has 7 heteroatoms. The Bertz CT molecular complexity index is 1520. The molecule has 0 saturated heterocycles. The summed E-state index contributed by atoms with van der Waals surface area (Å²) in [5.41, 5.74) is 1.21. The summed E-state index contributed by atoms with van der Waals surface area (Å²) in [7, 11) is 0. The van der Waals surface area contributed by atoms with E-state index in [0.29, 0.717) is 0 Å². The average Bonchev–Trinajstić information content (AvgIpc) is 3.32. The van der Waals surface area contributed by atoms with Crippen LogP contribution in [-0.4, -0.2) is 20.3 Å². The topological polar surface area (TPSA) is 78.0 Å². The van der Waals surface area contributed by atoms with Gasteiger partial charge in [-0.25, -0.2) is 4.39 Å².